The SMILES string of the molecule is O=C(O)CC(C#Cc1ccccc1)C1CCCCC1. The summed E-state index contributed by atoms with van der Waals surface area (Å²) in [5, 5.41) is 9.04. The highest BCUT2D eigenvalue weighted by atomic mass is 16.4. The fraction of sp³-hybridized carbons (Fsp3) is 0.471. The van der Waals surface area contributed by atoms with Gasteiger partial charge in [0.25, 0.3) is 0 Å². The van der Waals surface area contributed by atoms with Crippen LogP contribution in [0.25, 0.3) is 0 Å². The standard InChI is InChI=1S/C17H20O2/c18-17(19)13-16(15-9-5-2-6-10-15)12-11-14-7-3-1-4-8-14/h1,3-4,7-8,15-16H,2,5-6,9-10,13H2,(H,18,19). The molecule has 100 valence electrons. The molecular formula is C17H20O2. The molecule has 0 radical (unpaired) electrons. The predicted octanol–water partition coefficient (Wildman–Crippen LogP) is 3.71. The van der Waals surface area contributed by atoms with Crippen LogP contribution >= 0.6 is 0 Å². The highest BCUT2D eigenvalue weighted by Gasteiger charge is 2.24. The molecule has 2 rings (SSSR count). The summed E-state index contributed by atoms with van der Waals surface area (Å²) in [5.41, 5.74) is 0.966. The van der Waals surface area contributed by atoms with Gasteiger partial charge in [0.05, 0.1) is 6.42 Å². The second-order valence-corrected chi connectivity index (χ2v) is 5.24. The lowest BCUT2D eigenvalue weighted by Gasteiger charge is -2.25. The van der Waals surface area contributed by atoms with E-state index in [0.717, 1.165) is 18.4 Å². The van der Waals surface area contributed by atoms with Crippen molar-refractivity contribution in [3.63, 3.8) is 0 Å². The number of carbonyl (C=O) groups is 1. The maximum Gasteiger partial charge on any atom is 0.304 e. The first-order valence-corrected chi connectivity index (χ1v) is 7.04. The Morgan fingerprint density at radius 2 is 1.89 bits per heavy atom. The van der Waals surface area contributed by atoms with Gasteiger partial charge in [-0.05, 0) is 30.9 Å². The Kier molecular flexibility index (Phi) is 5.03. The lowest BCUT2D eigenvalue weighted by Crippen LogP contribution is -2.19. The van der Waals surface area contributed by atoms with Gasteiger partial charge >= 0.3 is 5.97 Å². The third-order valence-corrected chi connectivity index (χ3v) is 3.79. The molecule has 1 atom stereocenters. The van der Waals surface area contributed by atoms with Gasteiger partial charge in [-0.25, -0.2) is 0 Å². The van der Waals surface area contributed by atoms with Gasteiger partial charge in [0.1, 0.15) is 0 Å². The van der Waals surface area contributed by atoms with Crippen LogP contribution in [-0.2, 0) is 4.79 Å². The zero-order valence-corrected chi connectivity index (χ0v) is 11.1. The van der Waals surface area contributed by atoms with E-state index in [-0.39, 0.29) is 12.3 Å². The third kappa shape index (κ3) is 4.44. The average Bonchev–Trinajstić information content (AvgIpc) is 2.45. The molecule has 0 aliphatic heterocycles. The van der Waals surface area contributed by atoms with E-state index in [9.17, 15) is 4.79 Å². The number of hydrogen-bond acceptors (Lipinski definition) is 1. The number of carboxylic acids is 1. The summed E-state index contributed by atoms with van der Waals surface area (Å²) < 4.78 is 0. The third-order valence-electron chi connectivity index (χ3n) is 3.79. The first-order chi connectivity index (χ1) is 9.25. The van der Waals surface area contributed by atoms with E-state index in [2.05, 4.69) is 11.8 Å². The van der Waals surface area contributed by atoms with Gasteiger partial charge in [0.2, 0.25) is 0 Å². The Morgan fingerprint density at radius 3 is 2.53 bits per heavy atom. The molecule has 1 fully saturated rings. The van der Waals surface area contributed by atoms with E-state index in [1.54, 1.807) is 0 Å². The normalized spacial score (nSPS) is 17.3. The lowest BCUT2D eigenvalue weighted by atomic mass is 9.79. The van der Waals surface area contributed by atoms with Crippen LogP contribution in [0.1, 0.15) is 44.1 Å². The molecule has 0 heterocycles. The molecule has 1 N–H and O–H groups in total. The zero-order chi connectivity index (χ0) is 13.5. The van der Waals surface area contributed by atoms with Crippen molar-refractivity contribution >= 4 is 5.97 Å². The molecule has 2 heteroatoms. The van der Waals surface area contributed by atoms with Crippen molar-refractivity contribution in [3.8, 4) is 11.8 Å². The number of rotatable bonds is 3. The molecule has 0 aromatic heterocycles. The van der Waals surface area contributed by atoms with Crippen molar-refractivity contribution in [2.75, 3.05) is 0 Å². The molecule has 1 saturated carbocycles. The summed E-state index contributed by atoms with van der Waals surface area (Å²) in [6, 6.07) is 9.80. The Balaban J connectivity index is 2.09. The molecule has 1 aromatic carbocycles. The number of benzene rings is 1. The summed E-state index contributed by atoms with van der Waals surface area (Å²) in [5.74, 6) is 6.06. The Bertz CT molecular complexity index is 461. The van der Waals surface area contributed by atoms with Crippen molar-refractivity contribution in [1.29, 1.82) is 0 Å². The van der Waals surface area contributed by atoms with E-state index in [4.69, 9.17) is 5.11 Å². The van der Waals surface area contributed by atoms with Gasteiger partial charge in [0, 0.05) is 11.5 Å². The summed E-state index contributed by atoms with van der Waals surface area (Å²) in [6.45, 7) is 0. The van der Waals surface area contributed by atoms with Crippen molar-refractivity contribution < 1.29 is 9.90 Å². The molecular weight excluding hydrogens is 236 g/mol. The first-order valence-electron chi connectivity index (χ1n) is 7.04. The molecule has 1 aliphatic carbocycles. The van der Waals surface area contributed by atoms with Gasteiger partial charge in [-0.1, -0.05) is 49.3 Å². The first kappa shape index (κ1) is 13.7. The summed E-state index contributed by atoms with van der Waals surface area (Å²) in [6.07, 6.45) is 6.14. The number of aliphatic carboxylic acids is 1. The Labute approximate surface area is 114 Å². The Morgan fingerprint density at radius 1 is 1.21 bits per heavy atom. The van der Waals surface area contributed by atoms with Crippen LogP contribution in [-0.4, -0.2) is 11.1 Å². The van der Waals surface area contributed by atoms with Crippen LogP contribution in [0, 0.1) is 23.7 Å². The smallest absolute Gasteiger partial charge is 0.304 e. The molecule has 2 nitrogen and oxygen atoms in total. The van der Waals surface area contributed by atoms with Crippen LogP contribution in [0.3, 0.4) is 0 Å². The molecule has 1 aliphatic rings. The fourth-order valence-corrected chi connectivity index (χ4v) is 2.76. The van der Waals surface area contributed by atoms with Crippen molar-refractivity contribution in [2.45, 2.75) is 38.5 Å². The Hall–Kier alpha value is -1.75. The second kappa shape index (κ2) is 6.99. The maximum absolute atomic E-state index is 11.0. The van der Waals surface area contributed by atoms with Crippen LogP contribution in [0.5, 0.6) is 0 Å². The van der Waals surface area contributed by atoms with Crippen molar-refractivity contribution in [2.24, 2.45) is 11.8 Å². The van der Waals surface area contributed by atoms with Crippen LogP contribution < -0.4 is 0 Å². The van der Waals surface area contributed by atoms with Crippen LogP contribution in [0.15, 0.2) is 30.3 Å². The minimum absolute atomic E-state index is 0.00185. The van der Waals surface area contributed by atoms with Crippen molar-refractivity contribution in [1.82, 2.24) is 0 Å². The second-order valence-electron chi connectivity index (χ2n) is 5.24. The lowest BCUT2D eigenvalue weighted by molar-refractivity contribution is -0.138. The minimum Gasteiger partial charge on any atom is -0.481 e. The maximum atomic E-state index is 11.0. The van der Waals surface area contributed by atoms with E-state index in [0.29, 0.717) is 5.92 Å². The quantitative estimate of drug-likeness (QED) is 0.837. The molecule has 0 spiro atoms. The minimum atomic E-state index is -0.738. The van der Waals surface area contributed by atoms with E-state index in [1.165, 1.54) is 19.3 Å². The topological polar surface area (TPSA) is 37.3 Å². The summed E-state index contributed by atoms with van der Waals surface area (Å²) in [7, 11) is 0. The van der Waals surface area contributed by atoms with E-state index in [1.807, 2.05) is 30.3 Å². The average molecular weight is 256 g/mol. The monoisotopic (exact) mass is 256 g/mol. The highest BCUT2D eigenvalue weighted by molar-refractivity contribution is 5.67. The van der Waals surface area contributed by atoms with Gasteiger partial charge < -0.3 is 5.11 Å². The molecule has 19 heavy (non-hydrogen) atoms. The number of hydrogen-bond donors (Lipinski definition) is 1. The summed E-state index contributed by atoms with van der Waals surface area (Å²) in [4.78, 5) is 11.0. The molecule has 0 saturated heterocycles. The molecule has 0 amide bonds. The predicted molar refractivity (Wildman–Crippen MR) is 75.6 cm³/mol. The highest BCUT2D eigenvalue weighted by Crippen LogP contribution is 2.31. The number of carboxylic acid groups (broad SMARTS) is 1. The van der Waals surface area contributed by atoms with Gasteiger partial charge in [-0.3, -0.25) is 4.79 Å². The van der Waals surface area contributed by atoms with Gasteiger partial charge in [-0.2, -0.15) is 0 Å². The van der Waals surface area contributed by atoms with Gasteiger partial charge in [-0.15, -0.1) is 0 Å². The molecule has 1 aromatic rings. The van der Waals surface area contributed by atoms with E-state index >= 15 is 0 Å². The van der Waals surface area contributed by atoms with Crippen molar-refractivity contribution in [3.05, 3.63) is 35.9 Å². The van der Waals surface area contributed by atoms with Crippen LogP contribution in [0.2, 0.25) is 0 Å². The molecule has 0 bridgehead atoms. The van der Waals surface area contributed by atoms with E-state index < -0.39 is 5.97 Å². The zero-order valence-electron chi connectivity index (χ0n) is 11.1. The molecule has 1 unspecified atom stereocenters. The van der Waals surface area contributed by atoms with Crippen LogP contribution in [0.4, 0.5) is 0 Å². The largest absolute Gasteiger partial charge is 0.481 e. The summed E-state index contributed by atoms with van der Waals surface area (Å²) >= 11 is 0. The van der Waals surface area contributed by atoms with Gasteiger partial charge in [0.15, 0.2) is 0 Å². The fourth-order valence-electron chi connectivity index (χ4n) is 2.76.